The SMILES string of the molecule is Nc1n(CC[NH+]2CCOCC2)c2ccccc2[n+]1C[C@H](O)COc1ccccc1. The Morgan fingerprint density at radius 2 is 1.83 bits per heavy atom. The van der Waals surface area contributed by atoms with E-state index in [0.717, 1.165) is 56.2 Å². The molecule has 1 fully saturated rings. The Balaban J connectivity index is 1.47. The van der Waals surface area contributed by atoms with Gasteiger partial charge in [0.25, 0.3) is 0 Å². The van der Waals surface area contributed by atoms with E-state index < -0.39 is 6.10 Å². The molecule has 0 radical (unpaired) electrons. The third-order valence-electron chi connectivity index (χ3n) is 5.48. The van der Waals surface area contributed by atoms with Crippen LogP contribution in [0, 0.1) is 0 Å². The summed E-state index contributed by atoms with van der Waals surface area (Å²) in [4.78, 5) is 1.54. The minimum Gasteiger partial charge on any atom is -0.491 e. The zero-order chi connectivity index (χ0) is 20.1. The van der Waals surface area contributed by atoms with E-state index in [1.807, 2.05) is 47.0 Å². The average molecular weight is 399 g/mol. The number of nitrogens with one attached hydrogen (secondary N) is 1. The number of hydrogen-bond acceptors (Lipinski definition) is 4. The number of hydrogen-bond donors (Lipinski definition) is 3. The Labute approximate surface area is 170 Å². The average Bonchev–Trinajstić information content (AvgIpc) is 3.03. The van der Waals surface area contributed by atoms with Gasteiger partial charge in [0.15, 0.2) is 0 Å². The molecule has 1 aliphatic heterocycles. The topological polar surface area (TPSA) is 78.0 Å². The van der Waals surface area contributed by atoms with Crippen molar-refractivity contribution in [1.29, 1.82) is 0 Å². The number of rotatable bonds is 8. The lowest BCUT2D eigenvalue weighted by Gasteiger charge is -2.23. The summed E-state index contributed by atoms with van der Waals surface area (Å²) < 4.78 is 15.3. The molecule has 4 N–H and O–H groups in total. The first kappa shape index (κ1) is 19.7. The summed E-state index contributed by atoms with van der Waals surface area (Å²) in [5, 5.41) is 10.6. The molecule has 29 heavy (non-hydrogen) atoms. The molecule has 2 aromatic carbocycles. The second-order valence-electron chi connectivity index (χ2n) is 7.50. The van der Waals surface area contributed by atoms with E-state index in [1.165, 1.54) is 4.90 Å². The number of aromatic nitrogens is 2. The fraction of sp³-hybridized carbons (Fsp3) is 0.409. The highest BCUT2D eigenvalue weighted by molar-refractivity contribution is 5.73. The molecule has 0 amide bonds. The van der Waals surface area contributed by atoms with Crippen LogP contribution in [0.5, 0.6) is 5.75 Å². The zero-order valence-electron chi connectivity index (χ0n) is 16.7. The van der Waals surface area contributed by atoms with E-state index in [0.29, 0.717) is 12.5 Å². The summed E-state index contributed by atoms with van der Waals surface area (Å²) in [6.45, 7) is 6.17. The first-order chi connectivity index (χ1) is 14.2. The van der Waals surface area contributed by atoms with Crippen LogP contribution in [-0.4, -0.2) is 55.2 Å². The van der Waals surface area contributed by atoms with Crippen molar-refractivity contribution in [2.75, 3.05) is 45.2 Å². The molecule has 1 saturated heterocycles. The predicted octanol–water partition coefficient (Wildman–Crippen LogP) is -0.134. The molecule has 4 rings (SSSR count). The summed E-state index contributed by atoms with van der Waals surface area (Å²) in [5.41, 5.74) is 8.65. The molecule has 1 atom stereocenters. The summed E-state index contributed by atoms with van der Waals surface area (Å²) in [6.07, 6.45) is -0.661. The van der Waals surface area contributed by atoms with Gasteiger partial charge in [-0.3, -0.25) is 5.73 Å². The Hall–Kier alpha value is -2.61. The van der Waals surface area contributed by atoms with Crippen molar-refractivity contribution >= 4 is 17.0 Å². The fourth-order valence-corrected chi connectivity index (χ4v) is 3.89. The van der Waals surface area contributed by atoms with Gasteiger partial charge in [-0.15, -0.1) is 0 Å². The van der Waals surface area contributed by atoms with Gasteiger partial charge in [0.2, 0.25) is 0 Å². The Bertz CT molecular complexity index is 922. The molecule has 1 aliphatic rings. The van der Waals surface area contributed by atoms with E-state index in [9.17, 15) is 5.11 Å². The first-order valence-corrected chi connectivity index (χ1v) is 10.3. The van der Waals surface area contributed by atoms with Gasteiger partial charge in [0, 0.05) is 0 Å². The smallest absolute Gasteiger partial charge is 0.356 e. The zero-order valence-corrected chi connectivity index (χ0v) is 16.7. The lowest BCUT2D eigenvalue weighted by Crippen LogP contribution is -3.14. The van der Waals surface area contributed by atoms with Crippen molar-refractivity contribution in [3.05, 3.63) is 54.6 Å². The summed E-state index contributed by atoms with van der Waals surface area (Å²) in [5.74, 6) is 1.41. The normalized spacial score (nSPS) is 16.2. The van der Waals surface area contributed by atoms with Crippen molar-refractivity contribution in [2.24, 2.45) is 0 Å². The third kappa shape index (κ3) is 4.70. The highest BCUT2D eigenvalue weighted by atomic mass is 16.5. The van der Waals surface area contributed by atoms with Gasteiger partial charge in [-0.1, -0.05) is 30.3 Å². The molecule has 154 valence electrons. The van der Waals surface area contributed by atoms with Crippen molar-refractivity contribution in [3.63, 3.8) is 0 Å². The van der Waals surface area contributed by atoms with Gasteiger partial charge in [-0.25, -0.2) is 9.13 Å². The Morgan fingerprint density at radius 3 is 2.62 bits per heavy atom. The second kappa shape index (κ2) is 9.26. The van der Waals surface area contributed by atoms with Gasteiger partial charge in [-0.2, -0.15) is 0 Å². The maximum Gasteiger partial charge on any atom is 0.356 e. The number of ether oxygens (including phenoxy) is 2. The number of quaternary nitrogens is 1. The lowest BCUT2D eigenvalue weighted by molar-refractivity contribution is -0.908. The molecule has 0 aliphatic carbocycles. The molecular weight excluding hydrogens is 368 g/mol. The van der Waals surface area contributed by atoms with E-state index in [2.05, 4.69) is 16.7 Å². The maximum atomic E-state index is 10.6. The minimum atomic E-state index is -0.661. The van der Waals surface area contributed by atoms with Gasteiger partial charge in [0.05, 0.1) is 13.2 Å². The molecule has 0 saturated carbocycles. The van der Waals surface area contributed by atoms with E-state index >= 15 is 0 Å². The molecular formula is C22H30N4O3+2. The third-order valence-corrected chi connectivity index (χ3v) is 5.48. The van der Waals surface area contributed by atoms with Crippen molar-refractivity contribution < 1.29 is 24.0 Å². The molecule has 0 spiro atoms. The number of imidazole rings is 1. The number of aliphatic hydroxyl groups excluding tert-OH is 1. The molecule has 7 heteroatoms. The van der Waals surface area contributed by atoms with Crippen LogP contribution in [0.15, 0.2) is 54.6 Å². The monoisotopic (exact) mass is 398 g/mol. The molecule has 1 aromatic heterocycles. The summed E-state index contributed by atoms with van der Waals surface area (Å²) in [7, 11) is 0. The number of para-hydroxylation sites is 3. The number of nitrogens with two attached hydrogens (primary N) is 1. The molecule has 7 nitrogen and oxygen atoms in total. The lowest BCUT2D eigenvalue weighted by atomic mass is 10.3. The number of anilines is 1. The van der Waals surface area contributed by atoms with Gasteiger partial charge >= 0.3 is 5.95 Å². The Morgan fingerprint density at radius 1 is 1.10 bits per heavy atom. The van der Waals surface area contributed by atoms with Crippen molar-refractivity contribution in [1.82, 2.24) is 4.57 Å². The number of fused-ring (bicyclic) bond motifs is 1. The highest BCUT2D eigenvalue weighted by Crippen LogP contribution is 2.16. The number of nitrogen functional groups attached to an aromatic ring is 1. The summed E-state index contributed by atoms with van der Waals surface area (Å²) in [6, 6.07) is 17.7. The van der Waals surface area contributed by atoms with Crippen LogP contribution in [0.3, 0.4) is 0 Å². The van der Waals surface area contributed by atoms with Crippen LogP contribution in [0.1, 0.15) is 0 Å². The standard InChI is InChI=1S/C22H28N4O3/c23-22-25(11-10-24-12-14-28-15-13-24)20-8-4-5-9-21(20)26(22)16-18(27)17-29-19-6-2-1-3-7-19/h1-9,18,23,27H,10-17H2/p+2/t18-/m0/s1. The van der Waals surface area contributed by atoms with Crippen LogP contribution in [0.2, 0.25) is 0 Å². The minimum absolute atomic E-state index is 0.216. The quantitative estimate of drug-likeness (QED) is 0.462. The number of morpholine rings is 1. The van der Waals surface area contributed by atoms with E-state index in [-0.39, 0.29) is 6.61 Å². The largest absolute Gasteiger partial charge is 0.491 e. The molecule has 0 unspecified atom stereocenters. The summed E-state index contributed by atoms with van der Waals surface area (Å²) >= 11 is 0. The molecule has 0 bridgehead atoms. The number of nitrogens with zero attached hydrogens (tertiary/aromatic N) is 2. The van der Waals surface area contributed by atoms with Gasteiger partial charge < -0.3 is 19.5 Å². The van der Waals surface area contributed by atoms with Crippen molar-refractivity contribution in [3.8, 4) is 5.75 Å². The number of benzene rings is 2. The van der Waals surface area contributed by atoms with Crippen molar-refractivity contribution in [2.45, 2.75) is 19.2 Å². The first-order valence-electron chi connectivity index (χ1n) is 10.3. The predicted molar refractivity (Wildman–Crippen MR) is 111 cm³/mol. The van der Waals surface area contributed by atoms with Crippen LogP contribution in [0.25, 0.3) is 11.0 Å². The van der Waals surface area contributed by atoms with E-state index in [1.54, 1.807) is 0 Å². The Kier molecular flexibility index (Phi) is 6.29. The second-order valence-corrected chi connectivity index (χ2v) is 7.50. The van der Waals surface area contributed by atoms with Crippen LogP contribution in [0.4, 0.5) is 5.95 Å². The fourth-order valence-electron chi connectivity index (χ4n) is 3.89. The van der Waals surface area contributed by atoms with E-state index in [4.69, 9.17) is 15.2 Å². The van der Waals surface area contributed by atoms with Crippen LogP contribution < -0.4 is 19.9 Å². The molecule has 2 heterocycles. The highest BCUT2D eigenvalue weighted by Gasteiger charge is 2.24. The van der Waals surface area contributed by atoms with Gasteiger partial charge in [0.1, 0.15) is 62.2 Å². The van der Waals surface area contributed by atoms with Gasteiger partial charge in [-0.05, 0) is 24.3 Å². The number of aliphatic hydroxyl groups is 1. The maximum absolute atomic E-state index is 10.6. The van der Waals surface area contributed by atoms with Crippen LogP contribution in [-0.2, 0) is 17.8 Å². The molecule has 3 aromatic rings. The van der Waals surface area contributed by atoms with Crippen LogP contribution >= 0.6 is 0 Å².